The summed E-state index contributed by atoms with van der Waals surface area (Å²) in [5, 5.41) is 13.3. The summed E-state index contributed by atoms with van der Waals surface area (Å²) >= 11 is 0. The number of rotatable bonds is 42. The zero-order valence-corrected chi connectivity index (χ0v) is 36.4. The molecule has 0 heterocycles. The van der Waals surface area contributed by atoms with E-state index in [0.717, 1.165) is 44.9 Å². The van der Waals surface area contributed by atoms with Crippen LogP contribution >= 0.6 is 0 Å². The van der Waals surface area contributed by atoms with E-state index in [-0.39, 0.29) is 12.3 Å². The smallest absolute Gasteiger partial charge is 0.267 e. The Labute approximate surface area is 336 Å². The van der Waals surface area contributed by atoms with Crippen LogP contribution in [0.4, 0.5) is 0 Å². The van der Waals surface area contributed by atoms with E-state index in [4.69, 9.17) is 0 Å². The molecule has 318 valence electrons. The van der Waals surface area contributed by atoms with Gasteiger partial charge in [-0.2, -0.15) is 8.42 Å². The molecule has 0 bridgehead atoms. The van der Waals surface area contributed by atoms with E-state index >= 15 is 0 Å². The molecule has 7 heteroatoms. The zero-order valence-electron chi connectivity index (χ0n) is 35.6. The first-order valence-electron chi connectivity index (χ1n) is 23.2. The van der Waals surface area contributed by atoms with Gasteiger partial charge in [0.2, 0.25) is 5.91 Å². The maximum Gasteiger partial charge on any atom is 0.267 e. The van der Waals surface area contributed by atoms with E-state index < -0.39 is 28.0 Å². The molecule has 2 atom stereocenters. The standard InChI is InChI=1S/C47H89NO5S/c1-3-5-7-9-11-13-15-17-19-21-23-24-25-26-28-30-32-34-36-38-40-42-46(49)45(44-54(51,52)53)48-47(50)43-41-39-37-35-33-31-29-27-22-20-18-16-14-12-10-8-6-4-2/h20,22,32,34,40,42,45-46,49H,3-19,21,23-31,33,35-39,41,43-44H2,1-2H3,(H,48,50)(H,51,52,53)/b22-20-,34-32+,42-40+. The molecule has 1 amide bonds. The Kier molecular flexibility index (Phi) is 40.1. The molecule has 0 spiro atoms. The summed E-state index contributed by atoms with van der Waals surface area (Å²) in [6, 6.07) is -1.08. The third-order valence-electron chi connectivity index (χ3n) is 10.5. The zero-order chi connectivity index (χ0) is 39.6. The molecule has 0 aliphatic carbocycles. The van der Waals surface area contributed by atoms with Crippen molar-refractivity contribution in [2.24, 2.45) is 0 Å². The first-order chi connectivity index (χ1) is 26.3. The number of hydrogen-bond donors (Lipinski definition) is 3. The number of unbranched alkanes of at least 4 members (excludes halogenated alkanes) is 30. The van der Waals surface area contributed by atoms with Gasteiger partial charge in [-0.15, -0.1) is 0 Å². The quantitative estimate of drug-likeness (QED) is 0.0325. The fraction of sp³-hybridized carbons (Fsp3) is 0.851. The van der Waals surface area contributed by atoms with E-state index in [1.165, 1.54) is 179 Å². The molecule has 0 fully saturated rings. The van der Waals surface area contributed by atoms with Gasteiger partial charge in [0.05, 0.1) is 17.9 Å². The average molecular weight is 780 g/mol. The van der Waals surface area contributed by atoms with Gasteiger partial charge in [0, 0.05) is 6.42 Å². The first-order valence-corrected chi connectivity index (χ1v) is 24.8. The summed E-state index contributed by atoms with van der Waals surface area (Å²) in [6.45, 7) is 4.54. The Morgan fingerprint density at radius 1 is 0.481 bits per heavy atom. The topological polar surface area (TPSA) is 104 Å². The SMILES string of the molecule is CCCCCCCCC/C=C\CCCCCCCCCC(=O)NC(CS(=O)(=O)O)C(O)/C=C/CC/C=C/CCCCCCCCCCCCCCCCC. The predicted octanol–water partition coefficient (Wildman–Crippen LogP) is 14.1. The lowest BCUT2D eigenvalue weighted by atomic mass is 10.0. The fourth-order valence-corrected chi connectivity index (χ4v) is 7.78. The van der Waals surface area contributed by atoms with Crippen molar-refractivity contribution in [1.29, 1.82) is 0 Å². The number of nitrogens with one attached hydrogen (secondary N) is 1. The van der Waals surface area contributed by atoms with Crippen molar-refractivity contribution in [1.82, 2.24) is 5.32 Å². The van der Waals surface area contributed by atoms with E-state index in [9.17, 15) is 22.9 Å². The number of amides is 1. The van der Waals surface area contributed by atoms with Crippen LogP contribution in [0.25, 0.3) is 0 Å². The highest BCUT2D eigenvalue weighted by Crippen LogP contribution is 2.15. The summed E-state index contributed by atoms with van der Waals surface area (Å²) in [5.41, 5.74) is 0. The largest absolute Gasteiger partial charge is 0.387 e. The normalized spacial score (nSPS) is 13.5. The van der Waals surface area contributed by atoms with Crippen LogP contribution in [0.2, 0.25) is 0 Å². The summed E-state index contributed by atoms with van der Waals surface area (Å²) in [6.07, 6.45) is 54.3. The Bertz CT molecular complexity index is 992. The van der Waals surface area contributed by atoms with Gasteiger partial charge in [0.25, 0.3) is 10.1 Å². The third-order valence-corrected chi connectivity index (χ3v) is 11.3. The van der Waals surface area contributed by atoms with E-state index in [0.29, 0.717) is 0 Å². The van der Waals surface area contributed by atoms with Gasteiger partial charge in [-0.25, -0.2) is 0 Å². The van der Waals surface area contributed by atoms with E-state index in [1.54, 1.807) is 0 Å². The van der Waals surface area contributed by atoms with E-state index in [1.807, 2.05) is 6.08 Å². The number of carbonyl (C=O) groups excluding carboxylic acids is 1. The number of carbonyl (C=O) groups is 1. The molecule has 6 nitrogen and oxygen atoms in total. The van der Waals surface area contributed by atoms with Crippen LogP contribution in [-0.4, -0.2) is 41.9 Å². The highest BCUT2D eigenvalue weighted by Gasteiger charge is 2.24. The van der Waals surface area contributed by atoms with Crippen LogP contribution in [0, 0.1) is 0 Å². The summed E-state index contributed by atoms with van der Waals surface area (Å²) in [5.74, 6) is -1.00. The maximum atomic E-state index is 12.5. The van der Waals surface area contributed by atoms with Crippen LogP contribution in [0.5, 0.6) is 0 Å². The minimum absolute atomic E-state index is 0.284. The molecule has 2 unspecified atom stereocenters. The molecule has 0 radical (unpaired) electrons. The van der Waals surface area contributed by atoms with Gasteiger partial charge in [0.15, 0.2) is 0 Å². The van der Waals surface area contributed by atoms with Gasteiger partial charge < -0.3 is 10.4 Å². The molecule has 0 aliphatic heterocycles. The maximum absolute atomic E-state index is 12.5. The molecular formula is C47H89NO5S. The second-order valence-corrected chi connectivity index (χ2v) is 17.5. The van der Waals surface area contributed by atoms with E-state index in [2.05, 4.69) is 43.5 Å². The minimum atomic E-state index is -4.36. The van der Waals surface area contributed by atoms with Crippen LogP contribution in [0.15, 0.2) is 36.5 Å². The van der Waals surface area contributed by atoms with Gasteiger partial charge in [-0.3, -0.25) is 9.35 Å². The van der Waals surface area contributed by atoms with Gasteiger partial charge >= 0.3 is 0 Å². The fourth-order valence-electron chi connectivity index (χ4n) is 7.05. The molecule has 0 aromatic carbocycles. The van der Waals surface area contributed by atoms with Crippen molar-refractivity contribution in [3.8, 4) is 0 Å². The number of aliphatic hydroxyl groups is 1. The monoisotopic (exact) mass is 780 g/mol. The number of allylic oxidation sites excluding steroid dienone is 5. The molecule has 0 rings (SSSR count). The van der Waals surface area contributed by atoms with Crippen LogP contribution < -0.4 is 5.32 Å². The average Bonchev–Trinajstić information content (AvgIpc) is 3.14. The minimum Gasteiger partial charge on any atom is -0.387 e. The van der Waals surface area contributed by atoms with Crippen LogP contribution in [0.1, 0.15) is 239 Å². The summed E-state index contributed by atoms with van der Waals surface area (Å²) in [4.78, 5) is 12.5. The van der Waals surface area contributed by atoms with Crippen molar-refractivity contribution in [3.63, 3.8) is 0 Å². The number of hydrogen-bond acceptors (Lipinski definition) is 4. The van der Waals surface area contributed by atoms with Gasteiger partial charge in [0.1, 0.15) is 0 Å². The lowest BCUT2D eigenvalue weighted by Gasteiger charge is -2.21. The Morgan fingerprint density at radius 2 is 0.796 bits per heavy atom. The van der Waals surface area contributed by atoms with Crippen molar-refractivity contribution < 1.29 is 22.9 Å². The van der Waals surface area contributed by atoms with Gasteiger partial charge in [-0.1, -0.05) is 211 Å². The molecule has 3 N–H and O–H groups in total. The molecule has 0 aromatic heterocycles. The Morgan fingerprint density at radius 3 is 1.17 bits per heavy atom. The first kappa shape index (κ1) is 52.6. The second kappa shape index (κ2) is 41.2. The van der Waals surface area contributed by atoms with Crippen molar-refractivity contribution in [3.05, 3.63) is 36.5 Å². The van der Waals surface area contributed by atoms with Crippen molar-refractivity contribution >= 4 is 16.0 Å². The van der Waals surface area contributed by atoms with Crippen molar-refractivity contribution in [2.45, 2.75) is 251 Å². The molecule has 0 saturated carbocycles. The molecular weight excluding hydrogens is 691 g/mol. The van der Waals surface area contributed by atoms with Crippen molar-refractivity contribution in [2.75, 3.05) is 5.75 Å². The third kappa shape index (κ3) is 41.7. The Hall–Kier alpha value is -1.44. The molecule has 0 aromatic rings. The Balaban J connectivity index is 3.90. The highest BCUT2D eigenvalue weighted by atomic mass is 32.2. The highest BCUT2D eigenvalue weighted by molar-refractivity contribution is 7.85. The molecule has 0 saturated heterocycles. The molecule has 54 heavy (non-hydrogen) atoms. The summed E-state index contributed by atoms with van der Waals surface area (Å²) in [7, 11) is -4.36. The number of aliphatic hydroxyl groups excluding tert-OH is 1. The lowest BCUT2D eigenvalue weighted by Crippen LogP contribution is -2.46. The predicted molar refractivity (Wildman–Crippen MR) is 235 cm³/mol. The second-order valence-electron chi connectivity index (χ2n) is 16.0. The van der Waals surface area contributed by atoms with Gasteiger partial charge in [-0.05, 0) is 57.8 Å². The molecule has 0 aliphatic rings. The lowest BCUT2D eigenvalue weighted by molar-refractivity contribution is -0.122. The van der Waals surface area contributed by atoms with Crippen LogP contribution in [-0.2, 0) is 14.9 Å². The van der Waals surface area contributed by atoms with Crippen LogP contribution in [0.3, 0.4) is 0 Å². The summed E-state index contributed by atoms with van der Waals surface area (Å²) < 4.78 is 32.6.